The maximum Gasteiger partial charge on any atom is 0.333 e. The highest BCUT2D eigenvalue weighted by Crippen LogP contribution is 2.41. The number of ether oxygens (including phenoxy) is 2. The lowest BCUT2D eigenvalue weighted by molar-refractivity contribution is -0.176. The number of aromatic nitrogens is 3. The van der Waals surface area contributed by atoms with E-state index in [0.29, 0.717) is 41.8 Å². The molecule has 3 rings (SSSR count). The van der Waals surface area contributed by atoms with Crippen molar-refractivity contribution in [2.45, 2.75) is 96.4 Å². The second-order valence-electron chi connectivity index (χ2n) is 11.6. The molecule has 3 N–H and O–H groups in total. The van der Waals surface area contributed by atoms with Crippen LogP contribution >= 0.6 is 0 Å². The molecule has 0 radical (unpaired) electrons. The fourth-order valence-corrected chi connectivity index (χ4v) is 5.59. The van der Waals surface area contributed by atoms with Crippen molar-refractivity contribution in [2.24, 2.45) is 5.92 Å². The second kappa shape index (κ2) is 13.3. The van der Waals surface area contributed by atoms with E-state index in [1.807, 2.05) is 0 Å². The van der Waals surface area contributed by atoms with Crippen LogP contribution in [0, 0.1) is 5.92 Å². The molecule has 218 valence electrons. The van der Waals surface area contributed by atoms with Crippen LogP contribution in [-0.4, -0.2) is 53.7 Å². The molecule has 0 saturated carbocycles. The van der Waals surface area contributed by atoms with E-state index in [2.05, 4.69) is 43.9 Å². The number of halogens is 2. The summed E-state index contributed by atoms with van der Waals surface area (Å²) in [6.07, 6.45) is 6.17. The summed E-state index contributed by atoms with van der Waals surface area (Å²) in [4.78, 5) is 16.5. The summed E-state index contributed by atoms with van der Waals surface area (Å²) in [5.74, 6) is -1.59. The van der Waals surface area contributed by atoms with Gasteiger partial charge in [-0.15, -0.1) is 0 Å². The van der Waals surface area contributed by atoms with Gasteiger partial charge in [-0.1, -0.05) is 20.8 Å². The molecule has 1 fully saturated rings. The normalized spacial score (nSPS) is 18.3. The SMILES string of the molecule is CC(C)(C)[Si](C)(C)O[C@@H](CCC[C@@H](COC1CCCCO1)C(=O)O)c1cc(-c2c(N)cnn2C(F)F)ccn1. The molecule has 0 bridgehead atoms. The average Bonchev–Trinajstić information content (AvgIpc) is 3.26. The Bertz CT molecular complexity index is 1090. The highest BCUT2D eigenvalue weighted by atomic mass is 28.4. The molecular weight excluding hydrogens is 526 g/mol. The summed E-state index contributed by atoms with van der Waals surface area (Å²) in [7, 11) is -2.27. The summed E-state index contributed by atoms with van der Waals surface area (Å²) in [6.45, 7) is 8.52. The lowest BCUT2D eigenvalue weighted by atomic mass is 9.99. The van der Waals surface area contributed by atoms with Gasteiger partial charge in [0.1, 0.15) is 0 Å². The number of rotatable bonds is 13. The molecule has 1 aliphatic heterocycles. The van der Waals surface area contributed by atoms with Crippen molar-refractivity contribution >= 4 is 20.0 Å². The Kier molecular flexibility index (Phi) is 10.6. The maximum absolute atomic E-state index is 13.6. The largest absolute Gasteiger partial charge is 0.481 e. The van der Waals surface area contributed by atoms with Gasteiger partial charge < -0.3 is 24.7 Å². The number of nitrogen functional groups attached to an aromatic ring is 1. The van der Waals surface area contributed by atoms with Gasteiger partial charge in [0.15, 0.2) is 14.6 Å². The van der Waals surface area contributed by atoms with E-state index >= 15 is 0 Å². The lowest BCUT2D eigenvalue weighted by Gasteiger charge is -2.39. The first-order chi connectivity index (χ1) is 18.3. The molecule has 1 unspecified atom stereocenters. The Morgan fingerprint density at radius 1 is 1.31 bits per heavy atom. The number of carbonyl (C=O) groups is 1. The van der Waals surface area contributed by atoms with Gasteiger partial charge >= 0.3 is 12.5 Å². The van der Waals surface area contributed by atoms with Crippen molar-refractivity contribution < 1.29 is 32.6 Å². The maximum atomic E-state index is 13.6. The van der Waals surface area contributed by atoms with E-state index in [-0.39, 0.29) is 29.3 Å². The number of nitrogens with two attached hydrogens (primary N) is 1. The molecule has 1 aliphatic rings. The van der Waals surface area contributed by atoms with Gasteiger partial charge in [-0.2, -0.15) is 13.9 Å². The number of carboxylic acid groups (broad SMARTS) is 1. The summed E-state index contributed by atoms with van der Waals surface area (Å²) < 4.78 is 45.8. The van der Waals surface area contributed by atoms with Crippen LogP contribution in [-0.2, 0) is 18.7 Å². The Morgan fingerprint density at radius 3 is 2.67 bits per heavy atom. The van der Waals surface area contributed by atoms with E-state index in [1.165, 1.54) is 6.20 Å². The summed E-state index contributed by atoms with van der Waals surface area (Å²) in [6, 6.07) is 3.33. The summed E-state index contributed by atoms with van der Waals surface area (Å²) in [5.41, 5.74) is 7.28. The molecule has 0 spiro atoms. The molecule has 0 aliphatic carbocycles. The van der Waals surface area contributed by atoms with Crippen molar-refractivity contribution in [1.29, 1.82) is 0 Å². The molecule has 3 heterocycles. The number of pyridine rings is 1. The topological polar surface area (TPSA) is 122 Å². The molecule has 1 saturated heterocycles. The fourth-order valence-electron chi connectivity index (χ4n) is 4.29. The smallest absolute Gasteiger partial charge is 0.333 e. The van der Waals surface area contributed by atoms with Gasteiger partial charge in [0.2, 0.25) is 0 Å². The minimum absolute atomic E-state index is 0.0817. The third-order valence-corrected chi connectivity index (χ3v) is 12.1. The Hall–Kier alpha value is -2.41. The van der Waals surface area contributed by atoms with Gasteiger partial charge in [0.25, 0.3) is 0 Å². The van der Waals surface area contributed by atoms with Crippen molar-refractivity contribution in [2.75, 3.05) is 18.9 Å². The van der Waals surface area contributed by atoms with E-state index < -0.39 is 32.9 Å². The number of nitrogens with zero attached hydrogens (tertiary/aromatic N) is 3. The van der Waals surface area contributed by atoms with E-state index in [0.717, 1.165) is 19.3 Å². The first-order valence-electron chi connectivity index (χ1n) is 13.5. The molecule has 0 aromatic carbocycles. The predicted octanol–water partition coefficient (Wildman–Crippen LogP) is 6.40. The Labute approximate surface area is 230 Å². The number of hydrogen-bond donors (Lipinski definition) is 2. The lowest BCUT2D eigenvalue weighted by Crippen LogP contribution is -2.42. The van der Waals surface area contributed by atoms with Crippen LogP contribution in [0.1, 0.15) is 77.6 Å². The summed E-state index contributed by atoms with van der Waals surface area (Å²) >= 11 is 0. The standard InChI is InChI=1S/C27H42F2N4O5Si/c1-27(2,3)39(4,5)38-22(10-8-9-19(25(34)35)17-37-23-11-6-7-14-36-23)21-15-18(12-13-31-21)24-20(30)16-32-33(24)26(28)29/h12-13,15-16,19,22-23,26H,6-11,14,17,30H2,1-5H3,(H,34,35)/t19-,22-,23?/m0/s1. The molecule has 2 aromatic rings. The Morgan fingerprint density at radius 2 is 2.05 bits per heavy atom. The van der Waals surface area contributed by atoms with Crippen molar-refractivity contribution in [1.82, 2.24) is 14.8 Å². The second-order valence-corrected chi connectivity index (χ2v) is 16.4. The first-order valence-corrected chi connectivity index (χ1v) is 16.4. The monoisotopic (exact) mass is 568 g/mol. The van der Waals surface area contributed by atoms with Crippen LogP contribution in [0.4, 0.5) is 14.5 Å². The number of anilines is 1. The molecule has 0 amide bonds. The van der Waals surface area contributed by atoms with Gasteiger partial charge in [0.05, 0.1) is 41.9 Å². The van der Waals surface area contributed by atoms with Crippen LogP contribution in [0.25, 0.3) is 11.3 Å². The van der Waals surface area contributed by atoms with Crippen LogP contribution in [0.5, 0.6) is 0 Å². The highest BCUT2D eigenvalue weighted by Gasteiger charge is 2.40. The molecule has 39 heavy (non-hydrogen) atoms. The number of aliphatic carboxylic acids is 1. The number of carboxylic acids is 1. The average molecular weight is 569 g/mol. The van der Waals surface area contributed by atoms with Gasteiger partial charge in [0, 0.05) is 18.4 Å². The molecule has 2 aromatic heterocycles. The van der Waals surface area contributed by atoms with Gasteiger partial charge in [-0.05, 0) is 68.8 Å². The number of alkyl halides is 2. The van der Waals surface area contributed by atoms with E-state index in [1.54, 1.807) is 18.3 Å². The van der Waals surface area contributed by atoms with Crippen LogP contribution in [0.2, 0.25) is 18.1 Å². The molecule has 9 nitrogen and oxygen atoms in total. The van der Waals surface area contributed by atoms with Crippen LogP contribution in [0.15, 0.2) is 24.5 Å². The molecular formula is C27H42F2N4O5Si. The zero-order valence-corrected chi connectivity index (χ0v) is 24.5. The Balaban J connectivity index is 1.79. The van der Waals surface area contributed by atoms with Crippen molar-refractivity contribution in [3.63, 3.8) is 0 Å². The first kappa shape index (κ1) is 31.1. The third kappa shape index (κ3) is 8.29. The third-order valence-electron chi connectivity index (χ3n) is 7.63. The van der Waals surface area contributed by atoms with E-state index in [9.17, 15) is 18.7 Å². The van der Waals surface area contributed by atoms with Crippen LogP contribution < -0.4 is 5.73 Å². The summed E-state index contributed by atoms with van der Waals surface area (Å²) in [5, 5.41) is 13.4. The molecule has 12 heteroatoms. The minimum atomic E-state index is -2.85. The fraction of sp³-hybridized carbons (Fsp3) is 0.667. The van der Waals surface area contributed by atoms with Gasteiger partial charge in [-0.25, -0.2) is 4.68 Å². The number of hydrogen-bond acceptors (Lipinski definition) is 7. The van der Waals surface area contributed by atoms with Crippen molar-refractivity contribution in [3.8, 4) is 11.3 Å². The van der Waals surface area contributed by atoms with Crippen LogP contribution in [0.3, 0.4) is 0 Å². The van der Waals surface area contributed by atoms with E-state index in [4.69, 9.17) is 19.6 Å². The molecule has 3 atom stereocenters. The van der Waals surface area contributed by atoms with Crippen molar-refractivity contribution in [3.05, 3.63) is 30.2 Å². The highest BCUT2D eigenvalue weighted by molar-refractivity contribution is 6.74. The zero-order chi connectivity index (χ0) is 28.8. The zero-order valence-electron chi connectivity index (χ0n) is 23.5. The minimum Gasteiger partial charge on any atom is -0.481 e. The predicted molar refractivity (Wildman–Crippen MR) is 147 cm³/mol. The quantitative estimate of drug-likeness (QED) is 0.266. The van der Waals surface area contributed by atoms with Gasteiger partial charge in [-0.3, -0.25) is 9.78 Å².